The number of allylic oxidation sites excluding steroid dienone is 1. The predicted molar refractivity (Wildman–Crippen MR) is 60.6 cm³/mol. The molecule has 0 N–H and O–H groups in total. The third-order valence-electron chi connectivity index (χ3n) is 2.23. The Morgan fingerprint density at radius 1 is 1.33 bits per heavy atom. The molecule has 0 bridgehead atoms. The molecule has 0 amide bonds. The molecular formula is C9H20ClNSi. The zero-order valence-electron chi connectivity index (χ0n) is 8.82. The van der Waals surface area contributed by atoms with Crippen LogP contribution in [0.15, 0.2) is 10.4 Å². The minimum Gasteiger partial charge on any atom is -0.363 e. The molecule has 0 saturated carbocycles. The molecule has 0 aliphatic carbocycles. The highest BCUT2D eigenvalue weighted by atomic mass is 35.5. The van der Waals surface area contributed by atoms with Gasteiger partial charge in [-0.15, -0.1) is 0 Å². The molecule has 12 heavy (non-hydrogen) atoms. The fourth-order valence-electron chi connectivity index (χ4n) is 0.989. The van der Waals surface area contributed by atoms with Gasteiger partial charge in [-0.1, -0.05) is 30.6 Å². The third-order valence-corrected chi connectivity index (χ3v) is 4.71. The molecule has 72 valence electrons. The zero-order valence-corrected chi connectivity index (χ0v) is 11.6. The van der Waals surface area contributed by atoms with Crippen molar-refractivity contribution >= 4 is 21.8 Å². The van der Waals surface area contributed by atoms with Gasteiger partial charge in [0.05, 0.1) is 5.16 Å². The molecule has 0 spiro atoms. The van der Waals surface area contributed by atoms with Crippen LogP contribution in [0.3, 0.4) is 0 Å². The number of hydrogen-bond donors (Lipinski definition) is 0. The van der Waals surface area contributed by atoms with Gasteiger partial charge in [0.2, 0.25) is 0 Å². The maximum absolute atomic E-state index is 6.23. The van der Waals surface area contributed by atoms with Crippen molar-refractivity contribution in [2.45, 2.75) is 27.7 Å². The first-order valence-corrected chi connectivity index (χ1v) is 6.03. The van der Waals surface area contributed by atoms with Crippen molar-refractivity contribution in [3.63, 3.8) is 0 Å². The van der Waals surface area contributed by atoms with Gasteiger partial charge in [0.25, 0.3) is 0 Å². The normalized spacial score (nSPS) is 13.5. The van der Waals surface area contributed by atoms with Crippen LogP contribution in [0.25, 0.3) is 0 Å². The molecule has 0 aromatic rings. The fourth-order valence-corrected chi connectivity index (χ4v) is 1.76. The summed E-state index contributed by atoms with van der Waals surface area (Å²) >= 11 is 6.23. The average molecular weight is 206 g/mol. The lowest BCUT2D eigenvalue weighted by Gasteiger charge is -2.23. The second-order valence-electron chi connectivity index (χ2n) is 3.30. The zero-order chi connectivity index (χ0) is 9.72. The monoisotopic (exact) mass is 205 g/mol. The molecule has 0 fully saturated rings. The summed E-state index contributed by atoms with van der Waals surface area (Å²) in [5, 5.41) is 2.40. The summed E-state index contributed by atoms with van der Waals surface area (Å²) in [6.07, 6.45) is 0. The Bertz CT molecular complexity index is 162. The Labute approximate surface area is 84.2 Å². The van der Waals surface area contributed by atoms with Crippen molar-refractivity contribution in [2.24, 2.45) is 5.92 Å². The van der Waals surface area contributed by atoms with Gasteiger partial charge in [-0.2, -0.15) is 0 Å². The average Bonchev–Trinajstić information content (AvgIpc) is 2.05. The van der Waals surface area contributed by atoms with Gasteiger partial charge in [-0.05, 0) is 19.8 Å². The first kappa shape index (κ1) is 12.0. The van der Waals surface area contributed by atoms with Crippen molar-refractivity contribution in [2.75, 3.05) is 13.1 Å². The van der Waals surface area contributed by atoms with E-state index < -0.39 is 0 Å². The van der Waals surface area contributed by atoms with Crippen LogP contribution in [0.4, 0.5) is 0 Å². The van der Waals surface area contributed by atoms with E-state index in [0.29, 0.717) is 5.92 Å². The highest BCUT2D eigenvalue weighted by Crippen LogP contribution is 2.18. The van der Waals surface area contributed by atoms with E-state index in [0.717, 1.165) is 28.5 Å². The first-order valence-electron chi connectivity index (χ1n) is 4.65. The van der Waals surface area contributed by atoms with E-state index in [1.807, 2.05) is 0 Å². The molecule has 0 radical (unpaired) electrons. The number of rotatable bonds is 4. The highest BCUT2D eigenvalue weighted by Gasteiger charge is 2.08. The van der Waals surface area contributed by atoms with Gasteiger partial charge in [-0.25, -0.2) is 0 Å². The SMILES string of the molecule is CCN(CC)C(Cl)=C([SiH3])C(C)C. The molecule has 0 unspecified atom stereocenters. The van der Waals surface area contributed by atoms with E-state index in [9.17, 15) is 0 Å². The summed E-state index contributed by atoms with van der Waals surface area (Å²) in [5.41, 5.74) is 0. The Morgan fingerprint density at radius 2 is 1.75 bits per heavy atom. The summed E-state index contributed by atoms with van der Waals surface area (Å²) in [5.74, 6) is 0.602. The lowest BCUT2D eigenvalue weighted by atomic mass is 10.2. The minimum atomic E-state index is 0.602. The van der Waals surface area contributed by atoms with E-state index in [2.05, 4.69) is 32.6 Å². The molecule has 0 saturated heterocycles. The van der Waals surface area contributed by atoms with E-state index in [1.165, 1.54) is 5.20 Å². The van der Waals surface area contributed by atoms with Gasteiger partial charge in [0.1, 0.15) is 0 Å². The number of nitrogens with zero attached hydrogens (tertiary/aromatic N) is 1. The minimum absolute atomic E-state index is 0.602. The van der Waals surface area contributed by atoms with Crippen molar-refractivity contribution in [3.05, 3.63) is 10.4 Å². The lowest BCUT2D eigenvalue weighted by Crippen LogP contribution is -2.21. The molecule has 0 aromatic heterocycles. The van der Waals surface area contributed by atoms with Gasteiger partial charge in [-0.3, -0.25) is 0 Å². The predicted octanol–water partition coefficient (Wildman–Crippen LogP) is 1.76. The molecule has 1 nitrogen and oxygen atoms in total. The van der Waals surface area contributed by atoms with Gasteiger partial charge in [0.15, 0.2) is 0 Å². The molecule has 0 aliphatic heterocycles. The van der Waals surface area contributed by atoms with E-state index >= 15 is 0 Å². The third kappa shape index (κ3) is 3.19. The standard InChI is InChI=1S/C9H20ClNSi/c1-5-11(6-2)9(10)8(12)7(3)4/h7H,5-6H2,1-4,12H3. The number of halogens is 1. The summed E-state index contributed by atoms with van der Waals surface area (Å²) in [7, 11) is 1.07. The highest BCUT2D eigenvalue weighted by molar-refractivity contribution is 6.35. The topological polar surface area (TPSA) is 3.24 Å². The smallest absolute Gasteiger partial charge is 0.0988 e. The van der Waals surface area contributed by atoms with Crippen LogP contribution in [0.5, 0.6) is 0 Å². The van der Waals surface area contributed by atoms with Crippen molar-refractivity contribution in [1.82, 2.24) is 4.90 Å². The molecule has 0 rings (SSSR count). The second kappa shape index (κ2) is 5.65. The van der Waals surface area contributed by atoms with Gasteiger partial charge < -0.3 is 4.90 Å². The second-order valence-corrected chi connectivity index (χ2v) is 4.74. The van der Waals surface area contributed by atoms with Crippen LogP contribution in [0, 0.1) is 5.92 Å². The van der Waals surface area contributed by atoms with E-state index in [-0.39, 0.29) is 0 Å². The van der Waals surface area contributed by atoms with E-state index in [1.54, 1.807) is 0 Å². The summed E-state index contributed by atoms with van der Waals surface area (Å²) in [6.45, 7) is 10.7. The molecule has 0 atom stereocenters. The van der Waals surface area contributed by atoms with Crippen molar-refractivity contribution in [1.29, 1.82) is 0 Å². The Balaban J connectivity index is 4.50. The van der Waals surface area contributed by atoms with Gasteiger partial charge in [0, 0.05) is 23.3 Å². The summed E-state index contributed by atoms with van der Waals surface area (Å²) in [4.78, 5) is 2.21. The maximum Gasteiger partial charge on any atom is 0.0988 e. The molecular weight excluding hydrogens is 186 g/mol. The van der Waals surface area contributed by atoms with Gasteiger partial charge >= 0.3 is 0 Å². The largest absolute Gasteiger partial charge is 0.363 e. The van der Waals surface area contributed by atoms with Crippen molar-refractivity contribution in [3.8, 4) is 0 Å². The molecule has 0 heterocycles. The Hall–Kier alpha value is 0.0469. The fraction of sp³-hybridized carbons (Fsp3) is 0.778. The maximum atomic E-state index is 6.23. The Morgan fingerprint density at radius 3 is 2.00 bits per heavy atom. The molecule has 0 aromatic carbocycles. The van der Waals surface area contributed by atoms with Crippen molar-refractivity contribution < 1.29 is 0 Å². The van der Waals surface area contributed by atoms with Crippen LogP contribution in [0.1, 0.15) is 27.7 Å². The summed E-state index contributed by atoms with van der Waals surface area (Å²) < 4.78 is 0. The van der Waals surface area contributed by atoms with Crippen LogP contribution in [0.2, 0.25) is 0 Å². The van der Waals surface area contributed by atoms with E-state index in [4.69, 9.17) is 11.6 Å². The van der Waals surface area contributed by atoms with Crippen LogP contribution < -0.4 is 0 Å². The summed E-state index contributed by atoms with van der Waals surface area (Å²) in [6, 6.07) is 0. The quantitative estimate of drug-likeness (QED) is 0.500. The first-order chi connectivity index (χ1) is 5.54. The molecule has 3 heteroatoms. The lowest BCUT2D eigenvalue weighted by molar-refractivity contribution is 0.401. The number of hydrogen-bond acceptors (Lipinski definition) is 1. The van der Waals surface area contributed by atoms with Crippen LogP contribution in [-0.4, -0.2) is 28.2 Å². The Kier molecular flexibility index (Phi) is 5.67. The van der Waals surface area contributed by atoms with Crippen LogP contribution >= 0.6 is 11.6 Å². The van der Waals surface area contributed by atoms with Crippen LogP contribution in [-0.2, 0) is 0 Å². The molecule has 0 aliphatic rings.